The lowest BCUT2D eigenvalue weighted by Gasteiger charge is -2.48. The van der Waals surface area contributed by atoms with E-state index in [0.717, 1.165) is 50.9 Å². The van der Waals surface area contributed by atoms with E-state index in [1.807, 2.05) is 0 Å². The Morgan fingerprint density at radius 3 is 2.77 bits per heavy atom. The molecule has 0 saturated heterocycles. The summed E-state index contributed by atoms with van der Waals surface area (Å²) in [6.45, 7) is 7.54. The first-order valence-corrected chi connectivity index (χ1v) is 10.9. The first kappa shape index (κ1) is 18.1. The lowest BCUT2D eigenvalue weighted by atomic mass is 9.55. The second-order valence-electron chi connectivity index (χ2n) is 9.05. The van der Waals surface area contributed by atoms with Gasteiger partial charge in [-0.1, -0.05) is 33.3 Å². The van der Waals surface area contributed by atoms with Gasteiger partial charge in [0.15, 0.2) is 0 Å². The second-order valence-corrected chi connectivity index (χ2v) is 9.05. The first-order valence-electron chi connectivity index (χ1n) is 10.9. The highest BCUT2D eigenvalue weighted by atomic mass is 16.5. The molecule has 0 bridgehead atoms. The van der Waals surface area contributed by atoms with Gasteiger partial charge >= 0.3 is 0 Å². The zero-order valence-corrected chi connectivity index (χ0v) is 16.8. The van der Waals surface area contributed by atoms with Crippen molar-refractivity contribution in [1.29, 1.82) is 0 Å². The summed E-state index contributed by atoms with van der Waals surface area (Å²) in [7, 11) is 0. The fourth-order valence-electron chi connectivity index (χ4n) is 6.15. The molecule has 4 rings (SSSR count). The maximum Gasteiger partial charge on any atom is 0.139 e. The molecule has 1 aromatic carbocycles. The summed E-state index contributed by atoms with van der Waals surface area (Å²) in [5.74, 6) is 3.66. The van der Waals surface area contributed by atoms with E-state index in [4.69, 9.17) is 4.74 Å². The van der Waals surface area contributed by atoms with Crippen LogP contribution in [0.4, 0.5) is 0 Å². The highest BCUT2D eigenvalue weighted by Gasteiger charge is 2.54. The van der Waals surface area contributed by atoms with E-state index in [0.29, 0.717) is 23.5 Å². The van der Waals surface area contributed by atoms with Crippen LogP contribution in [0, 0.1) is 17.3 Å². The van der Waals surface area contributed by atoms with E-state index in [1.165, 1.54) is 30.4 Å². The number of aryl methyl sites for hydroxylation is 2. The van der Waals surface area contributed by atoms with Gasteiger partial charge in [-0.25, -0.2) is 0 Å². The largest absolute Gasteiger partial charge is 0.493 e. The summed E-state index contributed by atoms with van der Waals surface area (Å²) >= 11 is 0. The Balaban J connectivity index is 1.63. The molecule has 0 aromatic heterocycles. The van der Waals surface area contributed by atoms with Crippen molar-refractivity contribution in [2.45, 2.75) is 84.5 Å². The molecule has 0 N–H and O–H groups in total. The Morgan fingerprint density at radius 2 is 2.00 bits per heavy atom. The summed E-state index contributed by atoms with van der Waals surface area (Å²) in [4.78, 5) is 12.5. The Morgan fingerprint density at radius 1 is 1.15 bits per heavy atom. The summed E-state index contributed by atoms with van der Waals surface area (Å²) < 4.78 is 6.13. The maximum absolute atomic E-state index is 12.5. The minimum absolute atomic E-state index is 0.0184. The molecule has 0 spiro atoms. The highest BCUT2D eigenvalue weighted by Crippen LogP contribution is 2.59. The monoisotopic (exact) mass is 354 g/mol. The van der Waals surface area contributed by atoms with Gasteiger partial charge in [-0.2, -0.15) is 0 Å². The van der Waals surface area contributed by atoms with Gasteiger partial charge in [0.1, 0.15) is 11.5 Å². The zero-order chi connectivity index (χ0) is 18.3. The van der Waals surface area contributed by atoms with E-state index in [-0.39, 0.29) is 5.41 Å². The van der Waals surface area contributed by atoms with Crippen LogP contribution in [0.5, 0.6) is 5.75 Å². The van der Waals surface area contributed by atoms with Crippen molar-refractivity contribution < 1.29 is 9.53 Å². The minimum atomic E-state index is -0.0184. The number of ketones is 1. The fraction of sp³-hybridized carbons (Fsp3) is 0.708. The number of Topliss-reactive ketones (excluding diaryl/α,β-unsaturated/α-hetero) is 1. The third-order valence-corrected chi connectivity index (χ3v) is 7.75. The van der Waals surface area contributed by atoms with E-state index in [9.17, 15) is 4.79 Å². The molecule has 2 saturated carbocycles. The van der Waals surface area contributed by atoms with E-state index in [1.54, 1.807) is 5.56 Å². The number of fused-ring (bicyclic) bond motifs is 5. The van der Waals surface area contributed by atoms with Crippen LogP contribution in [-0.2, 0) is 17.6 Å². The third kappa shape index (κ3) is 2.80. The van der Waals surface area contributed by atoms with Crippen LogP contribution >= 0.6 is 0 Å². The van der Waals surface area contributed by atoms with Gasteiger partial charge in [-0.3, -0.25) is 4.79 Å². The predicted molar refractivity (Wildman–Crippen MR) is 106 cm³/mol. The van der Waals surface area contributed by atoms with Gasteiger partial charge in [-0.15, -0.1) is 0 Å². The molecule has 26 heavy (non-hydrogen) atoms. The second kappa shape index (κ2) is 7.02. The van der Waals surface area contributed by atoms with Crippen LogP contribution in [0.15, 0.2) is 12.1 Å². The Hall–Kier alpha value is -1.31. The van der Waals surface area contributed by atoms with E-state index >= 15 is 0 Å². The van der Waals surface area contributed by atoms with Crippen molar-refractivity contribution in [3.05, 3.63) is 28.8 Å². The molecule has 2 heteroatoms. The number of unbranched alkanes of at least 4 members (excludes halogenated alkanes) is 1. The standard InChI is InChI=1S/C24H34O2/c1-4-6-13-26-22-15-17-7-8-19-18(20(17)14-16(22)5-2)11-12-24(3)21(19)9-10-23(24)25/h14-15,18-19,21H,4-13H2,1-3H3/t18?,19?,21?,24-/m0/s1. The molecule has 0 aliphatic heterocycles. The number of hydrogen-bond donors (Lipinski definition) is 0. The molecular weight excluding hydrogens is 320 g/mol. The van der Waals surface area contributed by atoms with Crippen molar-refractivity contribution in [3.63, 3.8) is 0 Å². The number of carbonyl (C=O) groups excluding carboxylic acids is 1. The van der Waals surface area contributed by atoms with Gasteiger partial charge in [0, 0.05) is 11.8 Å². The number of carbonyl (C=O) groups is 1. The average molecular weight is 355 g/mol. The van der Waals surface area contributed by atoms with Gasteiger partial charge in [0.2, 0.25) is 0 Å². The number of hydrogen-bond acceptors (Lipinski definition) is 2. The molecule has 3 unspecified atom stereocenters. The molecule has 2 fully saturated rings. The Kier molecular flexibility index (Phi) is 4.88. The molecule has 0 radical (unpaired) electrons. The SMILES string of the molecule is CCCCOc1cc2c(cc1CC)C1CC[C@]3(C)C(=O)CCC3C1CC2. The van der Waals surface area contributed by atoms with Gasteiger partial charge in [-0.05, 0) is 85.5 Å². The average Bonchev–Trinajstić information content (AvgIpc) is 2.96. The summed E-state index contributed by atoms with van der Waals surface area (Å²) in [6, 6.07) is 4.82. The first-order chi connectivity index (χ1) is 12.6. The topological polar surface area (TPSA) is 26.3 Å². The third-order valence-electron chi connectivity index (χ3n) is 7.75. The van der Waals surface area contributed by atoms with E-state index < -0.39 is 0 Å². The van der Waals surface area contributed by atoms with Gasteiger partial charge < -0.3 is 4.74 Å². The summed E-state index contributed by atoms with van der Waals surface area (Å²) in [5.41, 5.74) is 4.46. The maximum atomic E-state index is 12.5. The lowest BCUT2D eigenvalue weighted by Crippen LogP contribution is -2.42. The Bertz CT molecular complexity index is 692. The van der Waals surface area contributed by atoms with Crippen LogP contribution in [0.1, 0.15) is 88.3 Å². The van der Waals surface area contributed by atoms with Crippen molar-refractivity contribution in [1.82, 2.24) is 0 Å². The molecule has 0 amide bonds. The highest BCUT2D eigenvalue weighted by molar-refractivity contribution is 5.87. The Labute approximate surface area is 158 Å². The van der Waals surface area contributed by atoms with Crippen molar-refractivity contribution in [3.8, 4) is 5.75 Å². The molecule has 3 aliphatic rings. The number of rotatable bonds is 5. The zero-order valence-electron chi connectivity index (χ0n) is 16.8. The minimum Gasteiger partial charge on any atom is -0.493 e. The van der Waals surface area contributed by atoms with Crippen LogP contribution in [-0.4, -0.2) is 12.4 Å². The lowest BCUT2D eigenvalue weighted by molar-refractivity contribution is -0.129. The van der Waals surface area contributed by atoms with Gasteiger partial charge in [0.05, 0.1) is 6.61 Å². The number of ether oxygens (including phenoxy) is 1. The van der Waals surface area contributed by atoms with Crippen LogP contribution in [0.2, 0.25) is 0 Å². The van der Waals surface area contributed by atoms with Crippen molar-refractivity contribution in [2.75, 3.05) is 6.61 Å². The smallest absolute Gasteiger partial charge is 0.139 e. The normalized spacial score (nSPS) is 32.7. The van der Waals surface area contributed by atoms with Crippen molar-refractivity contribution in [2.24, 2.45) is 17.3 Å². The van der Waals surface area contributed by atoms with Crippen LogP contribution < -0.4 is 4.74 Å². The molecule has 0 heterocycles. The van der Waals surface area contributed by atoms with Crippen LogP contribution in [0.25, 0.3) is 0 Å². The molecule has 2 nitrogen and oxygen atoms in total. The molecule has 4 atom stereocenters. The number of benzene rings is 1. The van der Waals surface area contributed by atoms with Crippen molar-refractivity contribution >= 4 is 5.78 Å². The molecule has 142 valence electrons. The van der Waals surface area contributed by atoms with Gasteiger partial charge in [0.25, 0.3) is 0 Å². The quantitative estimate of drug-likeness (QED) is 0.620. The predicted octanol–water partition coefficient (Wildman–Crippen LogP) is 5.85. The van der Waals surface area contributed by atoms with E-state index in [2.05, 4.69) is 32.9 Å². The summed E-state index contributed by atoms with van der Waals surface area (Å²) in [5, 5.41) is 0. The summed E-state index contributed by atoms with van der Waals surface area (Å²) in [6.07, 6.45) is 9.98. The molecule has 3 aliphatic carbocycles. The van der Waals surface area contributed by atoms with Crippen LogP contribution in [0.3, 0.4) is 0 Å². The molecular formula is C24H34O2. The fourth-order valence-corrected chi connectivity index (χ4v) is 6.15. The molecule has 1 aromatic rings.